The summed E-state index contributed by atoms with van der Waals surface area (Å²) >= 11 is 6.12. The van der Waals surface area contributed by atoms with E-state index in [1.807, 2.05) is 0 Å². The number of nitrogens with zero attached hydrogens (tertiary/aromatic N) is 4. The van der Waals surface area contributed by atoms with Gasteiger partial charge < -0.3 is 24.0 Å². The van der Waals surface area contributed by atoms with Gasteiger partial charge in [-0.3, -0.25) is 4.79 Å². The van der Waals surface area contributed by atoms with Gasteiger partial charge in [0.2, 0.25) is 0 Å². The van der Waals surface area contributed by atoms with Gasteiger partial charge in [0.15, 0.2) is 0 Å². The number of ether oxygens (including phenoxy) is 1. The zero-order valence-corrected chi connectivity index (χ0v) is 18.3. The lowest BCUT2D eigenvalue weighted by Gasteiger charge is -2.31. The summed E-state index contributed by atoms with van der Waals surface area (Å²) in [6, 6.07) is 7.66. The Balaban J connectivity index is 1.76. The van der Waals surface area contributed by atoms with E-state index in [2.05, 4.69) is 4.98 Å². The molecule has 2 aromatic heterocycles. The minimum absolute atomic E-state index is 0.203. The second-order valence-electron chi connectivity index (χ2n) is 7.80. The van der Waals surface area contributed by atoms with Crippen LogP contribution in [-0.2, 0) is 11.2 Å². The Morgan fingerprint density at radius 3 is 2.78 bits per heavy atom. The topological polar surface area (TPSA) is 87.4 Å². The number of hydrogen-bond donors (Lipinski definition) is 1. The van der Waals surface area contributed by atoms with Crippen LogP contribution in [0.5, 0.6) is 0 Å². The summed E-state index contributed by atoms with van der Waals surface area (Å²) in [4.78, 5) is 30.8. The van der Waals surface area contributed by atoms with E-state index < -0.39 is 18.0 Å². The Morgan fingerprint density at radius 2 is 2.09 bits per heavy atom. The third-order valence-corrected chi connectivity index (χ3v) is 5.63. The number of amides is 2. The van der Waals surface area contributed by atoms with Gasteiger partial charge in [-0.25, -0.2) is 14.2 Å². The number of benzene rings is 1. The molecule has 1 fully saturated rings. The van der Waals surface area contributed by atoms with E-state index in [9.17, 15) is 14.7 Å². The fourth-order valence-corrected chi connectivity index (χ4v) is 3.97. The van der Waals surface area contributed by atoms with Crippen LogP contribution in [0.4, 0.5) is 9.18 Å². The summed E-state index contributed by atoms with van der Waals surface area (Å²) in [5.74, 6) is -0.882. The fraction of sp³-hybridized carbons (Fsp3) is 0.318. The normalized spacial score (nSPS) is 16.4. The highest BCUT2D eigenvalue weighted by molar-refractivity contribution is 6.30. The SMILES string of the molecule is CN(C)C(=O)c1ccc(-c2nc3cc(Cl)ccn3c2CC2CN(C(=O)O)CCO2)c(F)c1. The molecule has 32 heavy (non-hydrogen) atoms. The average molecular weight is 461 g/mol. The third kappa shape index (κ3) is 4.26. The molecule has 4 rings (SSSR count). The zero-order chi connectivity index (χ0) is 23.0. The minimum atomic E-state index is -1.00. The lowest BCUT2D eigenvalue weighted by Crippen LogP contribution is -2.45. The molecule has 0 radical (unpaired) electrons. The highest BCUT2D eigenvalue weighted by atomic mass is 35.5. The molecule has 1 N–H and O–H groups in total. The van der Waals surface area contributed by atoms with Crippen LogP contribution in [-0.4, -0.2) is 76.2 Å². The van der Waals surface area contributed by atoms with Crippen molar-refractivity contribution in [3.63, 3.8) is 0 Å². The van der Waals surface area contributed by atoms with Crippen molar-refractivity contribution >= 4 is 29.2 Å². The van der Waals surface area contributed by atoms with E-state index in [0.717, 1.165) is 0 Å². The van der Waals surface area contributed by atoms with Crippen LogP contribution in [0.15, 0.2) is 36.5 Å². The smallest absolute Gasteiger partial charge is 0.407 e. The van der Waals surface area contributed by atoms with Gasteiger partial charge in [0, 0.05) is 55.5 Å². The largest absolute Gasteiger partial charge is 0.465 e. The van der Waals surface area contributed by atoms with Crippen molar-refractivity contribution in [3.05, 3.63) is 58.6 Å². The number of fused-ring (bicyclic) bond motifs is 1. The zero-order valence-electron chi connectivity index (χ0n) is 17.6. The van der Waals surface area contributed by atoms with Gasteiger partial charge in [-0.15, -0.1) is 0 Å². The van der Waals surface area contributed by atoms with Crippen LogP contribution in [0.1, 0.15) is 16.1 Å². The number of halogens is 2. The molecule has 0 spiro atoms. The highest BCUT2D eigenvalue weighted by Gasteiger charge is 2.27. The fourth-order valence-electron chi connectivity index (χ4n) is 3.81. The van der Waals surface area contributed by atoms with Crippen molar-refractivity contribution < 1.29 is 23.8 Å². The first-order valence-electron chi connectivity index (χ1n) is 10.0. The average Bonchev–Trinajstić information content (AvgIpc) is 3.10. The monoisotopic (exact) mass is 460 g/mol. The predicted molar refractivity (Wildman–Crippen MR) is 117 cm³/mol. The van der Waals surface area contributed by atoms with Gasteiger partial charge in [0.1, 0.15) is 11.5 Å². The Morgan fingerprint density at radius 1 is 1.31 bits per heavy atom. The highest BCUT2D eigenvalue weighted by Crippen LogP contribution is 2.30. The number of rotatable bonds is 4. The number of carboxylic acid groups (broad SMARTS) is 1. The molecule has 3 heterocycles. The molecule has 1 unspecified atom stereocenters. The van der Waals surface area contributed by atoms with E-state index in [1.54, 1.807) is 42.9 Å². The van der Waals surface area contributed by atoms with Crippen molar-refractivity contribution in [2.45, 2.75) is 12.5 Å². The standard InChI is InChI=1S/C22H22ClFN4O4/c1-26(2)21(29)13-3-4-16(17(24)9-13)20-18(28-6-5-14(23)10-19(28)25-20)11-15-12-27(22(30)31)7-8-32-15/h3-6,9-10,15H,7-8,11-12H2,1-2H3,(H,30,31). The molecule has 1 aliphatic rings. The second-order valence-corrected chi connectivity index (χ2v) is 8.24. The van der Waals surface area contributed by atoms with E-state index in [4.69, 9.17) is 16.3 Å². The predicted octanol–water partition coefficient (Wildman–Crippen LogP) is 3.42. The van der Waals surface area contributed by atoms with Crippen LogP contribution < -0.4 is 0 Å². The van der Waals surface area contributed by atoms with E-state index in [-0.39, 0.29) is 30.2 Å². The molecular formula is C22H22ClFN4O4. The molecular weight excluding hydrogens is 439 g/mol. The van der Waals surface area contributed by atoms with E-state index in [0.29, 0.717) is 35.0 Å². The van der Waals surface area contributed by atoms with Crippen LogP contribution in [0.3, 0.4) is 0 Å². The van der Waals surface area contributed by atoms with E-state index in [1.165, 1.54) is 21.9 Å². The molecule has 3 aromatic rings. The molecule has 0 bridgehead atoms. The van der Waals surface area contributed by atoms with Crippen molar-refractivity contribution in [2.24, 2.45) is 0 Å². The quantitative estimate of drug-likeness (QED) is 0.644. The first-order valence-corrected chi connectivity index (χ1v) is 10.4. The molecule has 8 nitrogen and oxygen atoms in total. The molecule has 168 valence electrons. The van der Waals surface area contributed by atoms with Crippen molar-refractivity contribution in [1.29, 1.82) is 0 Å². The first-order chi connectivity index (χ1) is 15.2. The summed E-state index contributed by atoms with van der Waals surface area (Å²) in [6.07, 6.45) is 0.644. The van der Waals surface area contributed by atoms with Gasteiger partial charge in [0.05, 0.1) is 30.6 Å². The van der Waals surface area contributed by atoms with Gasteiger partial charge in [0.25, 0.3) is 5.91 Å². The lowest BCUT2D eigenvalue weighted by molar-refractivity contribution is -0.0214. The van der Waals surface area contributed by atoms with Crippen molar-refractivity contribution in [1.82, 2.24) is 19.2 Å². The number of aromatic nitrogens is 2. The van der Waals surface area contributed by atoms with Gasteiger partial charge in [-0.2, -0.15) is 0 Å². The molecule has 1 aromatic carbocycles. The lowest BCUT2D eigenvalue weighted by atomic mass is 10.0. The summed E-state index contributed by atoms with van der Waals surface area (Å²) in [7, 11) is 3.20. The molecule has 10 heteroatoms. The second kappa shape index (κ2) is 8.76. The van der Waals surface area contributed by atoms with Crippen molar-refractivity contribution in [3.8, 4) is 11.3 Å². The summed E-state index contributed by atoms with van der Waals surface area (Å²) in [5.41, 5.74) is 2.06. The maximum atomic E-state index is 15.1. The van der Waals surface area contributed by atoms with Crippen molar-refractivity contribution in [2.75, 3.05) is 33.8 Å². The number of morpholine rings is 1. The molecule has 1 saturated heterocycles. The molecule has 0 saturated carbocycles. The van der Waals surface area contributed by atoms with Crippen LogP contribution in [0.2, 0.25) is 5.02 Å². The number of carbonyl (C=O) groups excluding carboxylic acids is 1. The Labute approximate surface area is 188 Å². The van der Waals surface area contributed by atoms with Crippen LogP contribution in [0, 0.1) is 5.82 Å². The number of imidazole rings is 1. The molecule has 1 aliphatic heterocycles. The molecule has 1 atom stereocenters. The summed E-state index contributed by atoms with van der Waals surface area (Å²) in [6.45, 7) is 0.788. The number of pyridine rings is 1. The third-order valence-electron chi connectivity index (χ3n) is 5.39. The molecule has 2 amide bonds. The maximum absolute atomic E-state index is 15.1. The van der Waals surface area contributed by atoms with Gasteiger partial charge in [-0.05, 0) is 24.3 Å². The van der Waals surface area contributed by atoms with Crippen LogP contribution >= 0.6 is 11.6 Å². The van der Waals surface area contributed by atoms with Gasteiger partial charge >= 0.3 is 6.09 Å². The molecule has 0 aliphatic carbocycles. The number of carbonyl (C=O) groups is 2. The van der Waals surface area contributed by atoms with Crippen LogP contribution in [0.25, 0.3) is 16.9 Å². The summed E-state index contributed by atoms with van der Waals surface area (Å²) < 4.78 is 22.7. The maximum Gasteiger partial charge on any atom is 0.407 e. The van der Waals surface area contributed by atoms with E-state index >= 15 is 4.39 Å². The van der Waals surface area contributed by atoms with Gasteiger partial charge in [-0.1, -0.05) is 11.6 Å². The Kier molecular flexibility index (Phi) is 6.03. The Bertz CT molecular complexity index is 1200. The number of hydrogen-bond acceptors (Lipinski definition) is 4. The summed E-state index contributed by atoms with van der Waals surface area (Å²) in [5, 5.41) is 9.81. The first kappa shape index (κ1) is 22.0. The minimum Gasteiger partial charge on any atom is -0.465 e. The Hall–Kier alpha value is -3.17.